The molecule has 0 saturated carbocycles. The zero-order valence-corrected chi connectivity index (χ0v) is 14.1. The number of halogens is 1. The first-order valence-electron chi connectivity index (χ1n) is 8.19. The van der Waals surface area contributed by atoms with Crippen molar-refractivity contribution in [3.8, 4) is 0 Å². The Balaban J connectivity index is 1.95. The second kappa shape index (κ2) is 7.20. The standard InChI is InChI=1S/C20H22ClNO/c1-2-3-8-20(23)18-14-22(19-7-5-4-6-17(18)19)13-15-9-11-16(21)12-10-15/h4-7,9-12,14,20,23H,2-3,8,13H2,1H3. The molecule has 1 N–H and O–H groups in total. The Bertz CT molecular complexity index is 776. The number of fused-ring (bicyclic) bond motifs is 1. The minimum atomic E-state index is -0.397. The average molecular weight is 328 g/mol. The molecule has 3 aromatic rings. The summed E-state index contributed by atoms with van der Waals surface area (Å²) in [5.74, 6) is 0. The molecule has 0 spiro atoms. The largest absolute Gasteiger partial charge is 0.388 e. The van der Waals surface area contributed by atoms with Crippen LogP contribution in [0.1, 0.15) is 43.4 Å². The molecule has 1 unspecified atom stereocenters. The Morgan fingerprint density at radius 2 is 1.83 bits per heavy atom. The van der Waals surface area contributed by atoms with Gasteiger partial charge in [-0.15, -0.1) is 0 Å². The molecule has 3 rings (SSSR count). The van der Waals surface area contributed by atoms with Crippen LogP contribution >= 0.6 is 11.6 Å². The van der Waals surface area contributed by atoms with Crippen LogP contribution in [-0.4, -0.2) is 9.67 Å². The van der Waals surface area contributed by atoms with Crippen LogP contribution in [-0.2, 0) is 6.54 Å². The first kappa shape index (κ1) is 16.1. The van der Waals surface area contributed by atoms with E-state index < -0.39 is 6.10 Å². The van der Waals surface area contributed by atoms with Crippen LogP contribution in [0.4, 0.5) is 0 Å². The van der Waals surface area contributed by atoms with Gasteiger partial charge in [0.05, 0.1) is 6.10 Å². The maximum atomic E-state index is 10.5. The number of nitrogens with zero attached hydrogens (tertiary/aromatic N) is 1. The van der Waals surface area contributed by atoms with E-state index in [1.807, 2.05) is 36.4 Å². The summed E-state index contributed by atoms with van der Waals surface area (Å²) in [7, 11) is 0. The van der Waals surface area contributed by atoms with Gasteiger partial charge in [0, 0.05) is 34.2 Å². The predicted octanol–water partition coefficient (Wildman–Crippen LogP) is 5.57. The van der Waals surface area contributed by atoms with E-state index in [1.165, 1.54) is 5.56 Å². The number of unbranched alkanes of at least 4 members (excludes halogenated alkanes) is 1. The third-order valence-corrected chi connectivity index (χ3v) is 4.53. The molecule has 1 atom stereocenters. The number of aliphatic hydroxyl groups is 1. The second-order valence-electron chi connectivity index (χ2n) is 6.01. The number of rotatable bonds is 6. The minimum absolute atomic E-state index is 0.397. The van der Waals surface area contributed by atoms with E-state index >= 15 is 0 Å². The van der Waals surface area contributed by atoms with Crippen molar-refractivity contribution in [1.82, 2.24) is 4.57 Å². The highest BCUT2D eigenvalue weighted by atomic mass is 35.5. The fourth-order valence-corrected chi connectivity index (χ4v) is 3.14. The molecule has 0 aliphatic carbocycles. The van der Waals surface area contributed by atoms with Crippen LogP contribution in [0.3, 0.4) is 0 Å². The van der Waals surface area contributed by atoms with Crippen molar-refractivity contribution in [2.24, 2.45) is 0 Å². The van der Waals surface area contributed by atoms with Gasteiger partial charge in [-0.3, -0.25) is 0 Å². The summed E-state index contributed by atoms with van der Waals surface area (Å²) in [6, 6.07) is 16.2. The maximum Gasteiger partial charge on any atom is 0.0810 e. The molecule has 0 aliphatic rings. The molecular weight excluding hydrogens is 306 g/mol. The highest BCUT2D eigenvalue weighted by Gasteiger charge is 2.15. The number of benzene rings is 2. The minimum Gasteiger partial charge on any atom is -0.388 e. The van der Waals surface area contributed by atoms with Crippen LogP contribution in [0.15, 0.2) is 54.7 Å². The molecule has 1 aromatic heterocycles. The number of aliphatic hydroxyl groups excluding tert-OH is 1. The van der Waals surface area contributed by atoms with Gasteiger partial charge >= 0.3 is 0 Å². The summed E-state index contributed by atoms with van der Waals surface area (Å²) in [5.41, 5.74) is 3.39. The van der Waals surface area contributed by atoms with Crippen molar-refractivity contribution < 1.29 is 5.11 Å². The van der Waals surface area contributed by atoms with Gasteiger partial charge in [-0.2, -0.15) is 0 Å². The smallest absolute Gasteiger partial charge is 0.0810 e. The van der Waals surface area contributed by atoms with Crippen molar-refractivity contribution in [2.45, 2.75) is 38.8 Å². The summed E-state index contributed by atoms with van der Waals surface area (Å²) in [4.78, 5) is 0. The molecule has 2 aromatic carbocycles. The van der Waals surface area contributed by atoms with Crippen LogP contribution in [0.5, 0.6) is 0 Å². The van der Waals surface area contributed by atoms with Gasteiger partial charge in [0.15, 0.2) is 0 Å². The third-order valence-electron chi connectivity index (χ3n) is 4.28. The van der Waals surface area contributed by atoms with Gasteiger partial charge < -0.3 is 9.67 Å². The molecule has 3 heteroatoms. The second-order valence-corrected chi connectivity index (χ2v) is 6.45. The molecule has 0 radical (unpaired) electrons. The van der Waals surface area contributed by atoms with E-state index in [0.717, 1.165) is 47.3 Å². The van der Waals surface area contributed by atoms with E-state index in [1.54, 1.807) is 0 Å². The SMILES string of the molecule is CCCCC(O)c1cn(Cc2ccc(Cl)cc2)c2ccccc12. The zero-order chi connectivity index (χ0) is 16.2. The van der Waals surface area contributed by atoms with Crippen LogP contribution in [0, 0.1) is 0 Å². The monoisotopic (exact) mass is 327 g/mol. The van der Waals surface area contributed by atoms with Gasteiger partial charge in [0.2, 0.25) is 0 Å². The molecule has 0 saturated heterocycles. The lowest BCUT2D eigenvalue weighted by Crippen LogP contribution is -1.99. The molecule has 0 aliphatic heterocycles. The van der Waals surface area contributed by atoms with Gasteiger partial charge in [-0.25, -0.2) is 0 Å². The number of hydrogen-bond acceptors (Lipinski definition) is 1. The van der Waals surface area contributed by atoms with Gasteiger partial charge in [0.25, 0.3) is 0 Å². The maximum absolute atomic E-state index is 10.5. The lowest BCUT2D eigenvalue weighted by molar-refractivity contribution is 0.165. The first-order valence-corrected chi connectivity index (χ1v) is 8.57. The molecule has 1 heterocycles. The van der Waals surface area contributed by atoms with E-state index in [2.05, 4.69) is 29.8 Å². The molecule has 23 heavy (non-hydrogen) atoms. The fraction of sp³-hybridized carbons (Fsp3) is 0.300. The van der Waals surface area contributed by atoms with Gasteiger partial charge in [-0.05, 0) is 30.2 Å². The predicted molar refractivity (Wildman–Crippen MR) is 97.0 cm³/mol. The van der Waals surface area contributed by atoms with Crippen molar-refractivity contribution in [1.29, 1.82) is 0 Å². The highest BCUT2D eigenvalue weighted by molar-refractivity contribution is 6.30. The van der Waals surface area contributed by atoms with Crippen molar-refractivity contribution in [3.05, 3.63) is 70.9 Å². The van der Waals surface area contributed by atoms with E-state index in [4.69, 9.17) is 11.6 Å². The Morgan fingerprint density at radius 1 is 1.09 bits per heavy atom. The van der Waals surface area contributed by atoms with E-state index in [0.29, 0.717) is 0 Å². The third kappa shape index (κ3) is 3.60. The number of hydrogen-bond donors (Lipinski definition) is 1. The quantitative estimate of drug-likeness (QED) is 0.629. The topological polar surface area (TPSA) is 25.2 Å². The number of para-hydroxylation sites is 1. The van der Waals surface area contributed by atoms with Crippen molar-refractivity contribution >= 4 is 22.5 Å². The average Bonchev–Trinajstić information content (AvgIpc) is 2.94. The zero-order valence-electron chi connectivity index (χ0n) is 13.4. The lowest BCUT2D eigenvalue weighted by atomic mass is 10.0. The number of aromatic nitrogens is 1. The summed E-state index contributed by atoms with van der Waals surface area (Å²) in [5, 5.41) is 12.4. The van der Waals surface area contributed by atoms with Crippen LogP contribution in [0.2, 0.25) is 5.02 Å². The summed E-state index contributed by atoms with van der Waals surface area (Å²) >= 11 is 5.96. The van der Waals surface area contributed by atoms with E-state index in [9.17, 15) is 5.11 Å². The highest BCUT2D eigenvalue weighted by Crippen LogP contribution is 2.30. The van der Waals surface area contributed by atoms with Crippen LogP contribution < -0.4 is 0 Å². The molecule has 120 valence electrons. The molecule has 0 fully saturated rings. The Labute approximate surface area is 142 Å². The van der Waals surface area contributed by atoms with Crippen LogP contribution in [0.25, 0.3) is 10.9 Å². The summed E-state index contributed by atoms with van der Waals surface area (Å²) in [6.45, 7) is 2.93. The summed E-state index contributed by atoms with van der Waals surface area (Å²) < 4.78 is 2.21. The molecule has 2 nitrogen and oxygen atoms in total. The van der Waals surface area contributed by atoms with Gasteiger partial charge in [0.1, 0.15) is 0 Å². The van der Waals surface area contributed by atoms with Gasteiger partial charge in [-0.1, -0.05) is 61.7 Å². The molecule has 0 amide bonds. The normalized spacial score (nSPS) is 12.7. The summed E-state index contributed by atoms with van der Waals surface area (Å²) in [6.07, 6.45) is 4.65. The van der Waals surface area contributed by atoms with Crippen molar-refractivity contribution in [2.75, 3.05) is 0 Å². The Kier molecular flexibility index (Phi) is 5.04. The Morgan fingerprint density at radius 3 is 2.57 bits per heavy atom. The Hall–Kier alpha value is -1.77. The fourth-order valence-electron chi connectivity index (χ4n) is 3.01. The lowest BCUT2D eigenvalue weighted by Gasteiger charge is -2.08. The molecule has 0 bridgehead atoms. The molecular formula is C20H22ClNO. The van der Waals surface area contributed by atoms with E-state index in [-0.39, 0.29) is 0 Å². The van der Waals surface area contributed by atoms with Crippen molar-refractivity contribution in [3.63, 3.8) is 0 Å². The first-order chi connectivity index (χ1) is 11.2.